The van der Waals surface area contributed by atoms with Crippen LogP contribution in [0.1, 0.15) is 0 Å². The summed E-state index contributed by atoms with van der Waals surface area (Å²) in [5.74, 6) is -14.5. The second-order valence-corrected chi connectivity index (χ2v) is 11.1. The fourth-order valence-electron chi connectivity index (χ4n) is 0.899. The largest absolute Gasteiger partial charge is 0.460 e. The SMILES string of the molecule is C[Si](C)(C)OS(=O)(=O)C(F)(F)C(F)(F)C(F)(F)C(F)(F)F. The number of alkyl halides is 9. The van der Waals surface area contributed by atoms with Crippen molar-refractivity contribution in [3.63, 3.8) is 0 Å². The van der Waals surface area contributed by atoms with Crippen LogP contribution in [0.15, 0.2) is 0 Å². The normalized spacial score (nSPS) is 16.2. The lowest BCUT2D eigenvalue weighted by Crippen LogP contribution is -2.64. The van der Waals surface area contributed by atoms with Gasteiger partial charge < -0.3 is 3.87 Å². The lowest BCUT2D eigenvalue weighted by Gasteiger charge is -2.33. The van der Waals surface area contributed by atoms with Crippen LogP contribution in [0, 0.1) is 0 Å². The van der Waals surface area contributed by atoms with Gasteiger partial charge >= 0.3 is 33.4 Å². The van der Waals surface area contributed by atoms with Gasteiger partial charge in [0, 0.05) is 0 Å². The van der Waals surface area contributed by atoms with E-state index in [1.54, 1.807) is 0 Å². The second kappa shape index (κ2) is 5.01. The van der Waals surface area contributed by atoms with Crippen LogP contribution in [0.4, 0.5) is 39.5 Å². The van der Waals surface area contributed by atoms with E-state index in [-0.39, 0.29) is 0 Å². The minimum atomic E-state index is -7.28. The molecule has 0 saturated carbocycles. The van der Waals surface area contributed by atoms with Gasteiger partial charge in [0.1, 0.15) is 0 Å². The van der Waals surface area contributed by atoms with Crippen LogP contribution in [0.25, 0.3) is 0 Å². The van der Waals surface area contributed by atoms with Crippen molar-refractivity contribution in [2.75, 3.05) is 0 Å². The van der Waals surface area contributed by atoms with E-state index in [9.17, 15) is 47.9 Å². The molecule has 0 rings (SSSR count). The maximum Gasteiger partial charge on any atom is 0.460 e. The van der Waals surface area contributed by atoms with Crippen LogP contribution in [0.5, 0.6) is 0 Å². The molecule has 0 aromatic heterocycles. The lowest BCUT2D eigenvalue weighted by molar-refractivity contribution is -0.382. The van der Waals surface area contributed by atoms with Crippen LogP contribution in [0.2, 0.25) is 19.6 Å². The number of rotatable bonds is 5. The van der Waals surface area contributed by atoms with Gasteiger partial charge in [-0.05, 0) is 19.6 Å². The molecule has 0 atom stereocenters. The first-order valence-corrected chi connectivity index (χ1v) is 9.68. The van der Waals surface area contributed by atoms with E-state index in [1.165, 1.54) is 0 Å². The third kappa shape index (κ3) is 3.47. The highest BCUT2D eigenvalue weighted by Crippen LogP contribution is 2.55. The number of hydrogen-bond donors (Lipinski definition) is 0. The molecule has 0 aliphatic carbocycles. The molecule has 0 aromatic rings. The zero-order valence-electron chi connectivity index (χ0n) is 10.5. The van der Waals surface area contributed by atoms with Crippen LogP contribution in [0.3, 0.4) is 0 Å². The Bertz CT molecular complexity index is 490. The molecule has 14 heteroatoms. The zero-order valence-corrected chi connectivity index (χ0v) is 12.4. The topological polar surface area (TPSA) is 43.4 Å². The van der Waals surface area contributed by atoms with E-state index in [2.05, 4.69) is 3.87 Å². The molecule has 0 heterocycles. The molecular formula is C7H9F9O3SSi. The quantitative estimate of drug-likeness (QED) is 0.547. The zero-order chi connectivity index (χ0) is 17.7. The van der Waals surface area contributed by atoms with Crippen molar-refractivity contribution in [3.8, 4) is 0 Å². The first-order chi connectivity index (χ1) is 8.71. The Balaban J connectivity index is 6.02. The Hall–Kier alpha value is -0.503. The van der Waals surface area contributed by atoms with Crippen molar-refractivity contribution in [2.24, 2.45) is 0 Å². The summed E-state index contributed by atoms with van der Waals surface area (Å²) in [5.41, 5.74) is 0. The monoisotopic (exact) mass is 372 g/mol. The molecule has 128 valence electrons. The van der Waals surface area contributed by atoms with Gasteiger partial charge in [0.2, 0.25) is 8.32 Å². The highest BCUT2D eigenvalue weighted by molar-refractivity contribution is 7.88. The van der Waals surface area contributed by atoms with Crippen molar-refractivity contribution in [3.05, 3.63) is 0 Å². The third-order valence-corrected chi connectivity index (χ3v) is 5.55. The van der Waals surface area contributed by atoms with Crippen LogP contribution in [-0.4, -0.2) is 40.0 Å². The van der Waals surface area contributed by atoms with Crippen LogP contribution in [-0.2, 0) is 14.0 Å². The minimum Gasteiger partial charge on any atom is -0.311 e. The fraction of sp³-hybridized carbons (Fsp3) is 1.00. The molecule has 3 nitrogen and oxygen atoms in total. The van der Waals surface area contributed by atoms with Crippen molar-refractivity contribution >= 4 is 18.4 Å². The van der Waals surface area contributed by atoms with Gasteiger partial charge in [0.25, 0.3) is 0 Å². The van der Waals surface area contributed by atoms with E-state index in [0.29, 0.717) is 0 Å². The van der Waals surface area contributed by atoms with E-state index < -0.39 is 41.7 Å². The molecule has 0 saturated heterocycles. The van der Waals surface area contributed by atoms with Gasteiger partial charge in [-0.3, -0.25) is 0 Å². The fourth-order valence-corrected chi connectivity index (χ4v) is 4.39. The predicted octanol–water partition coefficient (Wildman–Crippen LogP) is 3.59. The number of halogens is 9. The minimum absolute atomic E-state index is 0.917. The molecule has 0 radical (unpaired) electrons. The lowest BCUT2D eigenvalue weighted by atomic mass is 10.1. The van der Waals surface area contributed by atoms with Crippen LogP contribution < -0.4 is 0 Å². The Labute approximate surface area is 114 Å². The molecule has 0 unspecified atom stereocenters. The summed E-state index contributed by atoms with van der Waals surface area (Å²) < 4.78 is 138. The summed E-state index contributed by atoms with van der Waals surface area (Å²) >= 11 is 0. The van der Waals surface area contributed by atoms with Gasteiger partial charge in [0.05, 0.1) is 0 Å². The van der Waals surface area contributed by atoms with Crippen molar-refractivity contribution < 1.29 is 51.8 Å². The van der Waals surface area contributed by atoms with E-state index in [1.807, 2.05) is 0 Å². The summed E-state index contributed by atoms with van der Waals surface area (Å²) in [6.45, 7) is 2.75. The predicted molar refractivity (Wildman–Crippen MR) is 54.2 cm³/mol. The molecule has 0 bridgehead atoms. The van der Waals surface area contributed by atoms with Crippen molar-refractivity contribution in [1.82, 2.24) is 0 Å². The van der Waals surface area contributed by atoms with Gasteiger partial charge in [-0.25, -0.2) is 0 Å². The molecule has 0 spiro atoms. The molecule has 21 heavy (non-hydrogen) atoms. The summed E-state index contributed by atoms with van der Waals surface area (Å²) in [6, 6.07) is 0. The van der Waals surface area contributed by atoms with E-state index in [4.69, 9.17) is 0 Å². The highest BCUT2D eigenvalue weighted by Gasteiger charge is 2.85. The van der Waals surface area contributed by atoms with Gasteiger partial charge in [-0.15, -0.1) is 0 Å². The summed E-state index contributed by atoms with van der Waals surface area (Å²) in [7, 11) is -10.2. The third-order valence-electron chi connectivity index (χ3n) is 1.79. The highest BCUT2D eigenvalue weighted by atomic mass is 32.2. The smallest absolute Gasteiger partial charge is 0.311 e. The van der Waals surface area contributed by atoms with Gasteiger partial charge in [0.15, 0.2) is 0 Å². The van der Waals surface area contributed by atoms with Gasteiger partial charge in [-0.1, -0.05) is 0 Å². The Morgan fingerprint density at radius 1 is 0.762 bits per heavy atom. The summed E-state index contributed by atoms with van der Waals surface area (Å²) in [6.07, 6.45) is -7.09. The molecular weight excluding hydrogens is 363 g/mol. The maximum atomic E-state index is 13.1. The molecule has 0 fully saturated rings. The van der Waals surface area contributed by atoms with Gasteiger partial charge in [-0.2, -0.15) is 47.9 Å². The Kier molecular flexibility index (Phi) is 4.89. The molecule has 0 amide bonds. The van der Waals surface area contributed by atoms with Crippen molar-refractivity contribution in [1.29, 1.82) is 0 Å². The second-order valence-electron chi connectivity index (χ2n) is 4.81. The van der Waals surface area contributed by atoms with E-state index in [0.717, 1.165) is 19.6 Å². The molecule has 0 N–H and O–H groups in total. The number of hydrogen-bond acceptors (Lipinski definition) is 3. The van der Waals surface area contributed by atoms with E-state index >= 15 is 0 Å². The average molecular weight is 372 g/mol. The molecule has 0 aliphatic heterocycles. The van der Waals surface area contributed by atoms with Crippen LogP contribution >= 0.6 is 0 Å². The Morgan fingerprint density at radius 2 is 1.10 bits per heavy atom. The molecule has 0 aliphatic rings. The first kappa shape index (κ1) is 20.5. The Morgan fingerprint density at radius 3 is 1.33 bits per heavy atom. The first-order valence-electron chi connectivity index (χ1n) is 4.86. The molecule has 0 aromatic carbocycles. The summed E-state index contributed by atoms with van der Waals surface area (Å²) in [4.78, 5) is 0. The summed E-state index contributed by atoms with van der Waals surface area (Å²) in [5, 5.41) is -6.78. The maximum absolute atomic E-state index is 13.1. The standard InChI is InChI=1S/C7H9F9O3SSi/c1-21(2,3)19-20(17,18)7(15,16)5(10,11)4(8,9)6(12,13)14/h1-3H3. The van der Waals surface area contributed by atoms with Crippen molar-refractivity contribution in [2.45, 2.75) is 42.9 Å². The average Bonchev–Trinajstić information content (AvgIpc) is 2.10.